The Bertz CT molecular complexity index is 1060. The summed E-state index contributed by atoms with van der Waals surface area (Å²) < 4.78 is 26.0. The summed E-state index contributed by atoms with van der Waals surface area (Å²) in [6, 6.07) is 4.46. The van der Waals surface area contributed by atoms with Crippen molar-refractivity contribution in [1.29, 1.82) is 0 Å². The molecule has 3 amide bonds. The number of likely N-dealkylation sites (tertiary alicyclic amines) is 1. The Labute approximate surface area is 196 Å². The highest BCUT2D eigenvalue weighted by Gasteiger charge is 2.35. The van der Waals surface area contributed by atoms with E-state index in [9.17, 15) is 18.8 Å². The zero-order chi connectivity index (χ0) is 22.8. The minimum atomic E-state index is -1.16. The van der Waals surface area contributed by atoms with Crippen molar-refractivity contribution < 1.29 is 28.2 Å². The van der Waals surface area contributed by atoms with E-state index in [4.69, 9.17) is 15.2 Å². The van der Waals surface area contributed by atoms with Crippen LogP contribution in [0.4, 0.5) is 4.39 Å². The van der Waals surface area contributed by atoms with Crippen LogP contribution in [0.25, 0.3) is 0 Å². The molecule has 1 aromatic carbocycles. The fraction of sp³-hybridized carbons (Fsp3) is 0.381. The first-order valence-corrected chi connectivity index (χ1v) is 11.7. The molecule has 3 N–H and O–H groups in total. The van der Waals surface area contributed by atoms with Gasteiger partial charge in [-0.2, -0.15) is 0 Å². The molecule has 1 aromatic heterocycles. The number of nitrogens with zero attached hydrogens (tertiary/aromatic N) is 1. The molecule has 2 atom stereocenters. The molecule has 0 bridgehead atoms. The number of rotatable bonds is 6. The van der Waals surface area contributed by atoms with Gasteiger partial charge in [0.15, 0.2) is 11.5 Å². The molecule has 11 heteroatoms. The average molecular weight is 526 g/mol. The van der Waals surface area contributed by atoms with Gasteiger partial charge in [0.05, 0.1) is 29.4 Å². The molecule has 0 saturated carbocycles. The predicted octanol–water partition coefficient (Wildman–Crippen LogP) is 2.29. The van der Waals surface area contributed by atoms with E-state index in [-0.39, 0.29) is 37.4 Å². The lowest BCUT2D eigenvalue weighted by atomic mass is 10.1. The molecule has 1 saturated heterocycles. The second-order valence-electron chi connectivity index (χ2n) is 7.57. The molecule has 2 aliphatic rings. The number of nitrogens with two attached hydrogens (primary N) is 1. The van der Waals surface area contributed by atoms with Gasteiger partial charge in [0, 0.05) is 22.8 Å². The summed E-state index contributed by atoms with van der Waals surface area (Å²) in [6.07, 6.45) is -0.958. The van der Waals surface area contributed by atoms with Gasteiger partial charge in [-0.3, -0.25) is 14.4 Å². The van der Waals surface area contributed by atoms with E-state index in [1.807, 2.05) is 0 Å². The Hall–Kier alpha value is -2.66. The van der Waals surface area contributed by atoms with Crippen molar-refractivity contribution in [2.45, 2.75) is 25.1 Å². The zero-order valence-electron chi connectivity index (χ0n) is 16.9. The fourth-order valence-electron chi connectivity index (χ4n) is 3.75. The third kappa shape index (κ3) is 4.88. The summed E-state index contributed by atoms with van der Waals surface area (Å²) in [5.41, 5.74) is 6.18. The normalized spacial score (nSPS) is 19.6. The highest BCUT2D eigenvalue weighted by molar-refractivity contribution is 9.10. The van der Waals surface area contributed by atoms with E-state index in [0.717, 1.165) is 11.3 Å². The Kier molecular flexibility index (Phi) is 6.66. The lowest BCUT2D eigenvalue weighted by Crippen LogP contribution is -2.43. The number of amides is 3. The lowest BCUT2D eigenvalue weighted by Gasteiger charge is -2.25. The second-order valence-corrected chi connectivity index (χ2v) is 9.34. The number of carbonyl (C=O) groups excluding carboxylic acids is 3. The molecule has 3 heterocycles. The van der Waals surface area contributed by atoms with Crippen molar-refractivity contribution >= 4 is 45.0 Å². The minimum absolute atomic E-state index is 0.0215. The van der Waals surface area contributed by atoms with Crippen LogP contribution in [0.2, 0.25) is 0 Å². The molecule has 0 unspecified atom stereocenters. The molecule has 0 radical (unpaired) electrons. The van der Waals surface area contributed by atoms with Crippen LogP contribution in [0.3, 0.4) is 0 Å². The average Bonchev–Trinajstić information content (AvgIpc) is 3.39. The van der Waals surface area contributed by atoms with E-state index >= 15 is 0 Å². The van der Waals surface area contributed by atoms with Gasteiger partial charge in [-0.05, 0) is 23.8 Å². The molecule has 32 heavy (non-hydrogen) atoms. The van der Waals surface area contributed by atoms with E-state index < -0.39 is 24.0 Å². The van der Waals surface area contributed by atoms with Crippen molar-refractivity contribution in [1.82, 2.24) is 10.2 Å². The predicted molar refractivity (Wildman–Crippen MR) is 119 cm³/mol. The maximum Gasteiger partial charge on any atom is 0.261 e. The van der Waals surface area contributed by atoms with Gasteiger partial charge in [-0.25, -0.2) is 4.39 Å². The standard InChI is InChI=1S/C21H21BrFN3O5S/c22-15-7-17-16(30-1-2-31-17)3-11(15)5-19(27)26-9-13(23)6-14(26)8-25-21(29)18-4-12(10-32-18)20(24)28/h3-4,7,10,13-14H,1-2,5-6,8-9H2,(H2,24,28)(H,25,29)/t13-,14-/m0/s1. The van der Waals surface area contributed by atoms with Crippen LogP contribution in [0.15, 0.2) is 28.1 Å². The van der Waals surface area contributed by atoms with E-state index in [1.54, 1.807) is 12.1 Å². The molecule has 2 aliphatic heterocycles. The van der Waals surface area contributed by atoms with E-state index in [0.29, 0.717) is 39.6 Å². The number of fused-ring (bicyclic) bond motifs is 1. The smallest absolute Gasteiger partial charge is 0.261 e. The van der Waals surface area contributed by atoms with Gasteiger partial charge in [0.2, 0.25) is 11.8 Å². The third-order valence-electron chi connectivity index (χ3n) is 5.34. The number of halogens is 2. The minimum Gasteiger partial charge on any atom is -0.486 e. The van der Waals surface area contributed by atoms with Crippen molar-refractivity contribution in [2.24, 2.45) is 5.73 Å². The number of carbonyl (C=O) groups is 3. The van der Waals surface area contributed by atoms with Gasteiger partial charge >= 0.3 is 0 Å². The number of nitrogens with one attached hydrogen (secondary N) is 1. The summed E-state index contributed by atoms with van der Waals surface area (Å²) >= 11 is 4.55. The number of primary amides is 1. The Balaban J connectivity index is 1.40. The molecule has 170 valence electrons. The molecule has 2 aromatic rings. The van der Waals surface area contributed by atoms with Crippen LogP contribution in [-0.4, -0.2) is 61.1 Å². The molecular weight excluding hydrogens is 505 g/mol. The van der Waals surface area contributed by atoms with Crippen LogP contribution in [0.5, 0.6) is 11.5 Å². The number of alkyl halides is 1. The maximum absolute atomic E-state index is 14.2. The SMILES string of the molecule is NC(=O)c1csc(C(=O)NC[C@@H]2C[C@H](F)CN2C(=O)Cc2cc3c(cc2Br)OCCO3)c1. The number of hydrogen-bond acceptors (Lipinski definition) is 6. The summed E-state index contributed by atoms with van der Waals surface area (Å²) in [5.74, 6) is -0.0701. The topological polar surface area (TPSA) is 111 Å². The van der Waals surface area contributed by atoms with Crippen molar-refractivity contribution in [3.63, 3.8) is 0 Å². The second kappa shape index (κ2) is 9.45. The van der Waals surface area contributed by atoms with Gasteiger partial charge in [0.1, 0.15) is 19.4 Å². The quantitative estimate of drug-likeness (QED) is 0.601. The van der Waals surface area contributed by atoms with Crippen LogP contribution < -0.4 is 20.5 Å². The molecule has 0 spiro atoms. The Morgan fingerprint density at radius 2 is 1.94 bits per heavy atom. The Morgan fingerprint density at radius 3 is 2.62 bits per heavy atom. The number of ether oxygens (including phenoxy) is 2. The molecule has 4 rings (SSSR count). The van der Waals surface area contributed by atoms with Gasteiger partial charge in [-0.1, -0.05) is 15.9 Å². The van der Waals surface area contributed by atoms with Crippen LogP contribution in [-0.2, 0) is 11.2 Å². The molecule has 0 aliphatic carbocycles. The molecular formula is C21H21BrFN3O5S. The zero-order valence-corrected chi connectivity index (χ0v) is 19.3. The maximum atomic E-state index is 14.2. The summed E-state index contributed by atoms with van der Waals surface area (Å²) in [4.78, 5) is 38.4. The van der Waals surface area contributed by atoms with Crippen LogP contribution in [0, 0.1) is 0 Å². The third-order valence-corrected chi connectivity index (χ3v) is 7.01. The summed E-state index contributed by atoms with van der Waals surface area (Å²) in [7, 11) is 0. The number of hydrogen-bond donors (Lipinski definition) is 2. The first-order chi connectivity index (χ1) is 15.3. The van der Waals surface area contributed by atoms with Crippen molar-refractivity contribution in [2.75, 3.05) is 26.3 Å². The van der Waals surface area contributed by atoms with Crippen LogP contribution >= 0.6 is 27.3 Å². The molecule has 8 nitrogen and oxygen atoms in total. The highest BCUT2D eigenvalue weighted by atomic mass is 79.9. The monoisotopic (exact) mass is 525 g/mol. The van der Waals surface area contributed by atoms with E-state index in [2.05, 4.69) is 21.2 Å². The lowest BCUT2D eigenvalue weighted by molar-refractivity contribution is -0.131. The summed E-state index contributed by atoms with van der Waals surface area (Å²) in [6.45, 7) is 0.986. The highest BCUT2D eigenvalue weighted by Crippen LogP contribution is 2.36. The fourth-order valence-corrected chi connectivity index (χ4v) is 5.02. The van der Waals surface area contributed by atoms with Crippen LogP contribution in [0.1, 0.15) is 32.0 Å². The van der Waals surface area contributed by atoms with Gasteiger partial charge in [0.25, 0.3) is 5.91 Å². The Morgan fingerprint density at radius 1 is 1.22 bits per heavy atom. The van der Waals surface area contributed by atoms with E-state index in [1.165, 1.54) is 16.3 Å². The first kappa shape index (κ1) is 22.5. The van der Waals surface area contributed by atoms with Gasteiger partial charge in [-0.15, -0.1) is 11.3 Å². The van der Waals surface area contributed by atoms with Crippen molar-refractivity contribution in [3.8, 4) is 11.5 Å². The first-order valence-electron chi connectivity index (χ1n) is 10.00. The largest absolute Gasteiger partial charge is 0.486 e. The van der Waals surface area contributed by atoms with Gasteiger partial charge < -0.3 is 25.4 Å². The summed E-state index contributed by atoms with van der Waals surface area (Å²) in [5, 5.41) is 4.23. The number of thiophene rings is 1. The number of benzene rings is 1. The van der Waals surface area contributed by atoms with Crippen molar-refractivity contribution in [3.05, 3.63) is 44.1 Å². The molecule has 1 fully saturated rings.